The molecule has 2 rings (SSSR count). The topological polar surface area (TPSA) is 41.6 Å². The van der Waals surface area contributed by atoms with Crippen LogP contribution in [0.1, 0.15) is 58.6 Å². The molecule has 0 radical (unpaired) electrons. The SMILES string of the molecule is CCCC(NC1CCN(C(=O)OC(C)(C)C)C1)c1ccccc1. The molecule has 1 heterocycles. The Kier molecular flexibility index (Phi) is 6.05. The Bertz CT molecular complexity index is 496. The maximum atomic E-state index is 12.2. The monoisotopic (exact) mass is 318 g/mol. The number of nitrogens with one attached hydrogen (secondary N) is 1. The van der Waals surface area contributed by atoms with Gasteiger partial charge in [-0.15, -0.1) is 0 Å². The van der Waals surface area contributed by atoms with Crippen LogP contribution in [0.25, 0.3) is 0 Å². The highest BCUT2D eigenvalue weighted by Gasteiger charge is 2.30. The maximum Gasteiger partial charge on any atom is 0.410 e. The molecule has 23 heavy (non-hydrogen) atoms. The molecule has 128 valence electrons. The highest BCUT2D eigenvalue weighted by molar-refractivity contribution is 5.68. The van der Waals surface area contributed by atoms with Crippen LogP contribution in [0.4, 0.5) is 4.79 Å². The fraction of sp³-hybridized carbons (Fsp3) is 0.632. The predicted molar refractivity (Wildman–Crippen MR) is 93.4 cm³/mol. The number of benzene rings is 1. The molecule has 1 N–H and O–H groups in total. The Morgan fingerprint density at radius 1 is 1.35 bits per heavy atom. The molecule has 1 aliphatic rings. The van der Waals surface area contributed by atoms with Crippen LogP contribution < -0.4 is 5.32 Å². The first kappa shape index (κ1) is 17.8. The van der Waals surface area contributed by atoms with Crippen LogP contribution in [-0.2, 0) is 4.74 Å². The number of likely N-dealkylation sites (tertiary alicyclic amines) is 1. The third-order valence-electron chi connectivity index (χ3n) is 4.06. The zero-order valence-electron chi connectivity index (χ0n) is 14.8. The van der Waals surface area contributed by atoms with E-state index >= 15 is 0 Å². The molecule has 1 fully saturated rings. The number of carbonyl (C=O) groups excluding carboxylic acids is 1. The lowest BCUT2D eigenvalue weighted by Gasteiger charge is -2.26. The molecule has 4 nitrogen and oxygen atoms in total. The van der Waals surface area contributed by atoms with Gasteiger partial charge in [0.1, 0.15) is 5.60 Å². The highest BCUT2D eigenvalue weighted by Crippen LogP contribution is 2.22. The average molecular weight is 318 g/mol. The number of amides is 1. The van der Waals surface area contributed by atoms with Crippen LogP contribution in [0, 0.1) is 0 Å². The minimum atomic E-state index is -0.433. The second kappa shape index (κ2) is 7.82. The second-order valence-corrected chi connectivity index (χ2v) is 7.33. The normalized spacial score (nSPS) is 19.7. The first-order chi connectivity index (χ1) is 10.9. The molecular formula is C19H30N2O2. The third-order valence-corrected chi connectivity index (χ3v) is 4.06. The highest BCUT2D eigenvalue weighted by atomic mass is 16.6. The van der Waals surface area contributed by atoms with Crippen molar-refractivity contribution < 1.29 is 9.53 Å². The van der Waals surface area contributed by atoms with Crippen LogP contribution >= 0.6 is 0 Å². The summed E-state index contributed by atoms with van der Waals surface area (Å²) in [5.74, 6) is 0. The zero-order valence-corrected chi connectivity index (χ0v) is 14.8. The lowest BCUT2D eigenvalue weighted by Crippen LogP contribution is -2.39. The summed E-state index contributed by atoms with van der Waals surface area (Å²) in [6.07, 6.45) is 3.02. The summed E-state index contributed by atoms with van der Waals surface area (Å²) >= 11 is 0. The Morgan fingerprint density at radius 3 is 2.65 bits per heavy atom. The van der Waals surface area contributed by atoms with Gasteiger partial charge in [-0.3, -0.25) is 0 Å². The molecule has 0 saturated carbocycles. The Labute approximate surface area is 140 Å². The van der Waals surface area contributed by atoms with E-state index in [1.54, 1.807) is 0 Å². The van der Waals surface area contributed by atoms with Crippen molar-refractivity contribution in [2.45, 2.75) is 64.6 Å². The van der Waals surface area contributed by atoms with Gasteiger partial charge in [-0.25, -0.2) is 4.79 Å². The van der Waals surface area contributed by atoms with Gasteiger partial charge in [0.05, 0.1) is 0 Å². The van der Waals surface area contributed by atoms with Crippen molar-refractivity contribution in [3.05, 3.63) is 35.9 Å². The van der Waals surface area contributed by atoms with Crippen molar-refractivity contribution in [2.75, 3.05) is 13.1 Å². The molecule has 4 heteroatoms. The van der Waals surface area contributed by atoms with Crippen molar-refractivity contribution in [3.63, 3.8) is 0 Å². The smallest absolute Gasteiger partial charge is 0.410 e. The van der Waals surface area contributed by atoms with Gasteiger partial charge >= 0.3 is 6.09 Å². The fourth-order valence-corrected chi connectivity index (χ4v) is 2.99. The first-order valence-electron chi connectivity index (χ1n) is 8.68. The molecule has 2 unspecified atom stereocenters. The van der Waals surface area contributed by atoms with Gasteiger partial charge in [-0.1, -0.05) is 43.7 Å². The summed E-state index contributed by atoms with van der Waals surface area (Å²) in [5.41, 5.74) is 0.891. The van der Waals surface area contributed by atoms with E-state index in [0.717, 1.165) is 32.4 Å². The third kappa shape index (κ3) is 5.54. The van der Waals surface area contributed by atoms with Gasteiger partial charge in [0.25, 0.3) is 0 Å². The minimum Gasteiger partial charge on any atom is -0.444 e. The van der Waals surface area contributed by atoms with Crippen LogP contribution in [-0.4, -0.2) is 35.7 Å². The van der Waals surface area contributed by atoms with Crippen molar-refractivity contribution in [2.24, 2.45) is 0 Å². The number of nitrogens with zero attached hydrogens (tertiary/aromatic N) is 1. The summed E-state index contributed by atoms with van der Waals surface area (Å²) in [6.45, 7) is 9.41. The second-order valence-electron chi connectivity index (χ2n) is 7.33. The van der Waals surface area contributed by atoms with Gasteiger partial charge in [0, 0.05) is 25.2 Å². The Hall–Kier alpha value is -1.55. The Balaban J connectivity index is 1.91. The lowest BCUT2D eigenvalue weighted by atomic mass is 10.0. The number of rotatable bonds is 5. The van der Waals surface area contributed by atoms with E-state index in [1.807, 2.05) is 31.7 Å². The summed E-state index contributed by atoms with van der Waals surface area (Å²) in [5, 5.41) is 3.73. The van der Waals surface area contributed by atoms with E-state index in [2.05, 4.69) is 36.5 Å². The van der Waals surface area contributed by atoms with Gasteiger partial charge in [0.2, 0.25) is 0 Å². The number of hydrogen-bond donors (Lipinski definition) is 1. The number of ether oxygens (including phenoxy) is 1. The molecule has 1 aromatic carbocycles. The zero-order chi connectivity index (χ0) is 16.9. The van der Waals surface area contributed by atoms with E-state index in [-0.39, 0.29) is 6.09 Å². The standard InChI is InChI=1S/C19H30N2O2/c1-5-9-17(15-10-7-6-8-11-15)20-16-12-13-21(14-16)18(22)23-19(2,3)4/h6-8,10-11,16-17,20H,5,9,12-14H2,1-4H3. The molecule has 0 aromatic heterocycles. The van der Waals surface area contributed by atoms with E-state index in [0.29, 0.717) is 12.1 Å². The van der Waals surface area contributed by atoms with E-state index in [1.165, 1.54) is 5.56 Å². The van der Waals surface area contributed by atoms with Crippen molar-refractivity contribution in [1.82, 2.24) is 10.2 Å². The molecule has 0 spiro atoms. The summed E-state index contributed by atoms with van der Waals surface area (Å²) in [4.78, 5) is 14.0. The fourth-order valence-electron chi connectivity index (χ4n) is 2.99. The summed E-state index contributed by atoms with van der Waals surface area (Å²) in [6, 6.07) is 11.3. The van der Waals surface area contributed by atoms with Gasteiger partial charge in [-0.05, 0) is 39.2 Å². The molecule has 1 aliphatic heterocycles. The molecule has 0 bridgehead atoms. The minimum absolute atomic E-state index is 0.200. The van der Waals surface area contributed by atoms with E-state index in [9.17, 15) is 4.79 Å². The molecule has 1 saturated heterocycles. The maximum absolute atomic E-state index is 12.2. The lowest BCUT2D eigenvalue weighted by molar-refractivity contribution is 0.0290. The van der Waals surface area contributed by atoms with E-state index < -0.39 is 5.60 Å². The van der Waals surface area contributed by atoms with Crippen LogP contribution in [0.5, 0.6) is 0 Å². The van der Waals surface area contributed by atoms with Crippen molar-refractivity contribution in [1.29, 1.82) is 0 Å². The van der Waals surface area contributed by atoms with Crippen molar-refractivity contribution >= 4 is 6.09 Å². The van der Waals surface area contributed by atoms with Gasteiger partial charge in [0.15, 0.2) is 0 Å². The quantitative estimate of drug-likeness (QED) is 0.887. The van der Waals surface area contributed by atoms with Crippen LogP contribution in [0.3, 0.4) is 0 Å². The molecule has 1 aromatic rings. The average Bonchev–Trinajstić information content (AvgIpc) is 2.95. The van der Waals surface area contributed by atoms with E-state index in [4.69, 9.17) is 4.74 Å². The molecule has 2 atom stereocenters. The van der Waals surface area contributed by atoms with Crippen LogP contribution in [0.15, 0.2) is 30.3 Å². The number of carbonyl (C=O) groups is 1. The summed E-state index contributed by atoms with van der Waals surface area (Å²) < 4.78 is 5.47. The summed E-state index contributed by atoms with van der Waals surface area (Å²) in [7, 11) is 0. The first-order valence-corrected chi connectivity index (χ1v) is 8.68. The number of hydrogen-bond acceptors (Lipinski definition) is 3. The Morgan fingerprint density at radius 2 is 2.04 bits per heavy atom. The van der Waals surface area contributed by atoms with Crippen LogP contribution in [0.2, 0.25) is 0 Å². The molecular weight excluding hydrogens is 288 g/mol. The van der Waals surface area contributed by atoms with Gasteiger partial charge < -0.3 is 15.0 Å². The van der Waals surface area contributed by atoms with Gasteiger partial charge in [-0.2, -0.15) is 0 Å². The molecule has 1 amide bonds. The molecule has 0 aliphatic carbocycles. The van der Waals surface area contributed by atoms with Crippen molar-refractivity contribution in [3.8, 4) is 0 Å². The largest absolute Gasteiger partial charge is 0.444 e. The predicted octanol–water partition coefficient (Wildman–Crippen LogP) is 4.13.